The van der Waals surface area contributed by atoms with Gasteiger partial charge in [0.15, 0.2) is 11.5 Å². The molecule has 2 aromatic rings. The smallest absolute Gasteiger partial charge is 0.287 e. The quantitative estimate of drug-likeness (QED) is 0.811. The molecule has 1 N–H and O–H groups in total. The number of aromatic nitrogens is 1. The van der Waals surface area contributed by atoms with E-state index in [2.05, 4.69) is 36.1 Å². The topological polar surface area (TPSA) is 71.5 Å². The fourth-order valence-electron chi connectivity index (χ4n) is 3.39. The summed E-state index contributed by atoms with van der Waals surface area (Å²) in [7, 11) is 0. The van der Waals surface area contributed by atoms with Crippen molar-refractivity contribution in [2.45, 2.75) is 59.0 Å². The summed E-state index contributed by atoms with van der Waals surface area (Å²) in [6.07, 6.45) is 4.63. The first kappa shape index (κ1) is 18.7. The van der Waals surface area contributed by atoms with Crippen LogP contribution in [0.15, 0.2) is 27.1 Å². The molecule has 3 heterocycles. The van der Waals surface area contributed by atoms with Crippen LogP contribution in [0.2, 0.25) is 0 Å². The third-order valence-corrected chi connectivity index (χ3v) is 4.85. The molecule has 0 radical (unpaired) electrons. The van der Waals surface area contributed by atoms with Gasteiger partial charge < -0.3 is 14.3 Å². The second kappa shape index (κ2) is 8.54. The third-order valence-electron chi connectivity index (χ3n) is 4.85. The third kappa shape index (κ3) is 4.75. The van der Waals surface area contributed by atoms with E-state index in [1.54, 1.807) is 6.07 Å². The fraction of sp³-hybridized carbons (Fsp3) is 0.600. The van der Waals surface area contributed by atoms with Crippen LogP contribution in [-0.2, 0) is 13.0 Å². The van der Waals surface area contributed by atoms with Crippen LogP contribution >= 0.6 is 0 Å². The van der Waals surface area contributed by atoms with Crippen LogP contribution in [-0.4, -0.2) is 29.1 Å². The Hall–Kier alpha value is -2.08. The van der Waals surface area contributed by atoms with Gasteiger partial charge in [-0.3, -0.25) is 9.69 Å². The van der Waals surface area contributed by atoms with E-state index < -0.39 is 0 Å². The molecular weight excluding hydrogens is 330 g/mol. The van der Waals surface area contributed by atoms with Gasteiger partial charge in [0.2, 0.25) is 0 Å². The van der Waals surface area contributed by atoms with Gasteiger partial charge in [0.1, 0.15) is 5.76 Å². The molecule has 1 atom stereocenters. The molecule has 6 heteroatoms. The molecule has 2 aromatic heterocycles. The van der Waals surface area contributed by atoms with Gasteiger partial charge >= 0.3 is 0 Å². The maximum Gasteiger partial charge on any atom is 0.287 e. The van der Waals surface area contributed by atoms with Crippen molar-refractivity contribution in [3.63, 3.8) is 0 Å². The minimum absolute atomic E-state index is 0.199. The highest BCUT2D eigenvalue weighted by atomic mass is 16.5. The molecule has 3 rings (SSSR count). The highest BCUT2D eigenvalue weighted by Crippen LogP contribution is 2.25. The van der Waals surface area contributed by atoms with E-state index in [1.165, 1.54) is 19.3 Å². The van der Waals surface area contributed by atoms with Gasteiger partial charge in [0, 0.05) is 6.07 Å². The van der Waals surface area contributed by atoms with Crippen LogP contribution in [0, 0.1) is 5.92 Å². The summed E-state index contributed by atoms with van der Waals surface area (Å²) in [6.45, 7) is 8.89. The van der Waals surface area contributed by atoms with E-state index in [9.17, 15) is 4.79 Å². The molecular formula is C20H29N3O3. The van der Waals surface area contributed by atoms with E-state index in [1.807, 2.05) is 12.1 Å². The van der Waals surface area contributed by atoms with E-state index in [4.69, 9.17) is 8.94 Å². The number of amides is 1. The second-order valence-corrected chi connectivity index (χ2v) is 7.54. The number of hydrogen-bond donors (Lipinski definition) is 1. The maximum atomic E-state index is 12.3. The Labute approximate surface area is 154 Å². The first-order valence-electron chi connectivity index (χ1n) is 9.59. The number of piperidine rings is 1. The normalized spacial score (nSPS) is 16.8. The molecule has 6 nitrogen and oxygen atoms in total. The average molecular weight is 359 g/mol. The van der Waals surface area contributed by atoms with Crippen molar-refractivity contribution in [2.75, 3.05) is 13.1 Å². The summed E-state index contributed by atoms with van der Waals surface area (Å²) in [6, 6.07) is 5.75. The Kier molecular flexibility index (Phi) is 6.14. The van der Waals surface area contributed by atoms with Gasteiger partial charge in [-0.15, -0.1) is 0 Å². The number of nitrogens with one attached hydrogen (secondary N) is 1. The fourth-order valence-corrected chi connectivity index (χ4v) is 3.39. The van der Waals surface area contributed by atoms with Gasteiger partial charge in [-0.2, -0.15) is 0 Å². The average Bonchev–Trinajstić information content (AvgIpc) is 3.29. The summed E-state index contributed by atoms with van der Waals surface area (Å²) in [4.78, 5) is 14.7. The minimum Gasteiger partial charge on any atom is -0.454 e. The molecule has 0 unspecified atom stereocenters. The van der Waals surface area contributed by atoms with E-state index >= 15 is 0 Å². The summed E-state index contributed by atoms with van der Waals surface area (Å²) in [5.74, 6) is 2.12. The Morgan fingerprint density at radius 3 is 2.73 bits per heavy atom. The van der Waals surface area contributed by atoms with Crippen molar-refractivity contribution in [1.29, 1.82) is 0 Å². The van der Waals surface area contributed by atoms with Crippen LogP contribution in [0.5, 0.6) is 0 Å². The molecule has 1 aliphatic rings. The molecule has 0 bridgehead atoms. The van der Waals surface area contributed by atoms with Gasteiger partial charge in [-0.05, 0) is 57.3 Å². The molecule has 26 heavy (non-hydrogen) atoms. The van der Waals surface area contributed by atoms with Crippen molar-refractivity contribution >= 4 is 5.91 Å². The number of furan rings is 1. The number of nitrogens with zero attached hydrogens (tertiary/aromatic N) is 2. The molecule has 1 fully saturated rings. The molecule has 0 spiro atoms. The largest absolute Gasteiger partial charge is 0.454 e. The van der Waals surface area contributed by atoms with Gasteiger partial charge in [-0.25, -0.2) is 0 Å². The second-order valence-electron chi connectivity index (χ2n) is 7.54. The van der Waals surface area contributed by atoms with Crippen LogP contribution < -0.4 is 5.32 Å². The molecule has 0 aromatic carbocycles. The summed E-state index contributed by atoms with van der Waals surface area (Å²) in [5.41, 5.74) is 0.917. The number of likely N-dealkylation sites (tertiary alicyclic amines) is 1. The lowest BCUT2D eigenvalue weighted by molar-refractivity contribution is 0.0910. The number of carbonyl (C=O) groups is 1. The maximum absolute atomic E-state index is 12.3. The first-order valence-corrected chi connectivity index (χ1v) is 9.59. The molecule has 142 valence electrons. The summed E-state index contributed by atoms with van der Waals surface area (Å²) < 4.78 is 11.1. The van der Waals surface area contributed by atoms with E-state index in [-0.39, 0.29) is 11.9 Å². The molecule has 1 amide bonds. The predicted octanol–water partition coefficient (Wildman–Crippen LogP) is 3.94. The Balaban J connectivity index is 1.53. The minimum atomic E-state index is -0.232. The molecule has 1 saturated heterocycles. The van der Waals surface area contributed by atoms with Crippen LogP contribution in [0.4, 0.5) is 0 Å². The molecule has 1 aliphatic heterocycles. The van der Waals surface area contributed by atoms with Crippen molar-refractivity contribution < 1.29 is 13.7 Å². The van der Waals surface area contributed by atoms with E-state index in [0.717, 1.165) is 31.0 Å². The zero-order valence-corrected chi connectivity index (χ0v) is 16.0. The Bertz CT molecular complexity index is 713. The lowest BCUT2D eigenvalue weighted by Crippen LogP contribution is -2.32. The lowest BCUT2D eigenvalue weighted by atomic mass is 10.1. The molecule has 0 saturated carbocycles. The number of hydrogen-bond acceptors (Lipinski definition) is 5. The van der Waals surface area contributed by atoms with Gasteiger partial charge in [0.25, 0.3) is 5.91 Å². The van der Waals surface area contributed by atoms with Gasteiger partial charge in [-0.1, -0.05) is 25.4 Å². The Morgan fingerprint density at radius 1 is 1.23 bits per heavy atom. The highest BCUT2D eigenvalue weighted by molar-refractivity contribution is 5.91. The van der Waals surface area contributed by atoms with Gasteiger partial charge in [0.05, 0.1) is 18.3 Å². The van der Waals surface area contributed by atoms with Crippen molar-refractivity contribution in [2.24, 2.45) is 5.92 Å². The number of rotatable bonds is 7. The number of carbonyl (C=O) groups excluding carboxylic acids is 1. The van der Waals surface area contributed by atoms with Crippen LogP contribution in [0.1, 0.15) is 73.8 Å². The highest BCUT2D eigenvalue weighted by Gasteiger charge is 2.22. The van der Waals surface area contributed by atoms with Crippen LogP contribution in [0.25, 0.3) is 0 Å². The summed E-state index contributed by atoms with van der Waals surface area (Å²) in [5, 5.41) is 6.86. The summed E-state index contributed by atoms with van der Waals surface area (Å²) >= 11 is 0. The monoisotopic (exact) mass is 359 g/mol. The van der Waals surface area contributed by atoms with Crippen molar-refractivity contribution in [3.8, 4) is 0 Å². The first-order chi connectivity index (χ1) is 12.5. The van der Waals surface area contributed by atoms with Crippen molar-refractivity contribution in [1.82, 2.24) is 15.4 Å². The SMILES string of the molecule is CC(C)Cc1cc(CNC(=O)c2ccc([C@H](C)N3CCCCC3)o2)on1. The standard InChI is InChI=1S/C20H29N3O3/c1-14(2)11-16-12-17(26-22-16)13-21-20(24)19-8-7-18(25-19)15(3)23-9-5-4-6-10-23/h7-8,12,14-15H,4-6,9-11,13H2,1-3H3,(H,21,24)/t15-/m0/s1. The Morgan fingerprint density at radius 2 is 2.00 bits per heavy atom. The van der Waals surface area contributed by atoms with Crippen molar-refractivity contribution in [3.05, 3.63) is 41.2 Å². The van der Waals surface area contributed by atoms with Crippen LogP contribution in [0.3, 0.4) is 0 Å². The zero-order valence-electron chi connectivity index (χ0n) is 16.0. The molecule has 0 aliphatic carbocycles. The zero-order chi connectivity index (χ0) is 18.5. The lowest BCUT2D eigenvalue weighted by Gasteiger charge is -2.31. The van der Waals surface area contributed by atoms with E-state index in [0.29, 0.717) is 24.0 Å². The predicted molar refractivity (Wildman–Crippen MR) is 98.8 cm³/mol.